The van der Waals surface area contributed by atoms with Crippen molar-refractivity contribution in [1.29, 1.82) is 0 Å². The van der Waals surface area contributed by atoms with E-state index in [0.29, 0.717) is 6.42 Å². The van der Waals surface area contributed by atoms with E-state index in [1.165, 1.54) is 11.3 Å². The Morgan fingerprint density at radius 2 is 1.75 bits per heavy atom. The van der Waals surface area contributed by atoms with Gasteiger partial charge >= 0.3 is 0 Å². The second kappa shape index (κ2) is 6.55. The quantitative estimate of drug-likeness (QED) is 0.710. The van der Waals surface area contributed by atoms with Gasteiger partial charge in [0.2, 0.25) is 0 Å². The molecule has 0 spiro atoms. The van der Waals surface area contributed by atoms with Gasteiger partial charge in [-0.15, -0.1) is 11.3 Å². The minimum atomic E-state index is -0.377. The molecule has 0 saturated carbocycles. The van der Waals surface area contributed by atoms with E-state index in [0.717, 1.165) is 27.6 Å². The Bertz CT molecular complexity index is 570. The van der Waals surface area contributed by atoms with Gasteiger partial charge in [-0.2, -0.15) is 0 Å². The fraction of sp³-hybridized carbons (Fsp3) is 0.353. The highest BCUT2D eigenvalue weighted by atomic mass is 35.5. The third-order valence-corrected chi connectivity index (χ3v) is 5.26. The third kappa shape index (κ3) is 2.97. The zero-order valence-corrected chi connectivity index (χ0v) is 13.4. The van der Waals surface area contributed by atoms with E-state index in [9.17, 15) is 4.79 Å². The molecule has 2 aromatic rings. The van der Waals surface area contributed by atoms with Gasteiger partial charge in [0, 0.05) is 11.3 Å². The highest BCUT2D eigenvalue weighted by molar-refractivity contribution is 7.16. The summed E-state index contributed by atoms with van der Waals surface area (Å²) in [6, 6.07) is 13.9. The SMILES string of the molecule is CCC(CC)(C(=O)Cc1ccc(Cl)s1)c1ccccc1. The van der Waals surface area contributed by atoms with Crippen molar-refractivity contribution in [2.75, 3.05) is 0 Å². The van der Waals surface area contributed by atoms with Crippen LogP contribution in [0.25, 0.3) is 0 Å². The fourth-order valence-electron chi connectivity index (χ4n) is 2.74. The molecule has 0 N–H and O–H groups in total. The predicted octanol–water partition coefficient (Wildman–Crippen LogP) is 5.27. The first-order valence-electron chi connectivity index (χ1n) is 6.95. The van der Waals surface area contributed by atoms with Gasteiger partial charge < -0.3 is 0 Å². The van der Waals surface area contributed by atoms with Crippen molar-refractivity contribution in [2.24, 2.45) is 0 Å². The molecule has 0 aliphatic heterocycles. The summed E-state index contributed by atoms with van der Waals surface area (Å²) in [6.45, 7) is 4.19. The van der Waals surface area contributed by atoms with Crippen LogP contribution in [0.4, 0.5) is 0 Å². The van der Waals surface area contributed by atoms with E-state index < -0.39 is 0 Å². The minimum absolute atomic E-state index is 0.284. The van der Waals surface area contributed by atoms with Gasteiger partial charge in [0.05, 0.1) is 9.75 Å². The number of hydrogen-bond donors (Lipinski definition) is 0. The van der Waals surface area contributed by atoms with Gasteiger partial charge in [0.25, 0.3) is 0 Å². The molecule has 20 heavy (non-hydrogen) atoms. The lowest BCUT2D eigenvalue weighted by atomic mass is 9.71. The summed E-state index contributed by atoms with van der Waals surface area (Å²) < 4.78 is 0.742. The van der Waals surface area contributed by atoms with Gasteiger partial charge in [0.15, 0.2) is 0 Å². The first kappa shape index (κ1) is 15.3. The number of ketones is 1. The molecule has 0 unspecified atom stereocenters. The summed E-state index contributed by atoms with van der Waals surface area (Å²) in [4.78, 5) is 13.9. The first-order valence-corrected chi connectivity index (χ1v) is 8.15. The number of rotatable bonds is 6. The summed E-state index contributed by atoms with van der Waals surface area (Å²) in [5, 5.41) is 0. The summed E-state index contributed by atoms with van der Waals surface area (Å²) in [7, 11) is 0. The maximum absolute atomic E-state index is 12.9. The van der Waals surface area contributed by atoms with Gasteiger partial charge in [-0.1, -0.05) is 55.8 Å². The highest BCUT2D eigenvalue weighted by Crippen LogP contribution is 2.35. The van der Waals surface area contributed by atoms with Crippen molar-refractivity contribution in [3.63, 3.8) is 0 Å². The predicted molar refractivity (Wildman–Crippen MR) is 86.7 cm³/mol. The Kier molecular flexibility index (Phi) is 5.00. The molecular formula is C17H19ClOS. The van der Waals surface area contributed by atoms with Crippen LogP contribution in [0.2, 0.25) is 4.34 Å². The monoisotopic (exact) mass is 306 g/mol. The van der Waals surface area contributed by atoms with Crippen LogP contribution >= 0.6 is 22.9 Å². The number of carbonyl (C=O) groups excluding carboxylic acids is 1. The lowest BCUT2D eigenvalue weighted by Crippen LogP contribution is -2.35. The molecule has 3 heteroatoms. The van der Waals surface area contributed by atoms with Crippen molar-refractivity contribution in [1.82, 2.24) is 0 Å². The van der Waals surface area contributed by atoms with Crippen molar-refractivity contribution < 1.29 is 4.79 Å². The molecule has 2 rings (SSSR count). The van der Waals surface area contributed by atoms with Gasteiger partial charge in [0.1, 0.15) is 5.78 Å². The topological polar surface area (TPSA) is 17.1 Å². The van der Waals surface area contributed by atoms with Crippen molar-refractivity contribution in [2.45, 2.75) is 38.5 Å². The average molecular weight is 307 g/mol. The number of hydrogen-bond acceptors (Lipinski definition) is 2. The second-order valence-electron chi connectivity index (χ2n) is 4.96. The Labute approximate surface area is 129 Å². The highest BCUT2D eigenvalue weighted by Gasteiger charge is 2.36. The van der Waals surface area contributed by atoms with Crippen molar-refractivity contribution in [3.8, 4) is 0 Å². The zero-order chi connectivity index (χ0) is 14.6. The Hall–Kier alpha value is -1.12. The summed E-state index contributed by atoms with van der Waals surface area (Å²) >= 11 is 7.44. The number of thiophene rings is 1. The van der Waals surface area contributed by atoms with E-state index in [1.54, 1.807) is 0 Å². The number of carbonyl (C=O) groups is 1. The van der Waals surface area contributed by atoms with Crippen molar-refractivity contribution >= 4 is 28.7 Å². The van der Waals surface area contributed by atoms with Crippen LogP contribution in [-0.2, 0) is 16.6 Å². The summed E-state index contributed by atoms with van der Waals surface area (Å²) in [6.07, 6.45) is 2.12. The van der Waals surface area contributed by atoms with Gasteiger partial charge in [-0.05, 0) is 30.5 Å². The molecule has 106 valence electrons. The summed E-state index contributed by atoms with van der Waals surface area (Å²) in [5.41, 5.74) is 0.746. The molecule has 0 aliphatic rings. The van der Waals surface area contributed by atoms with Crippen LogP contribution in [0.1, 0.15) is 37.1 Å². The average Bonchev–Trinajstić information content (AvgIpc) is 2.87. The van der Waals surface area contributed by atoms with E-state index in [2.05, 4.69) is 26.0 Å². The van der Waals surface area contributed by atoms with Crippen LogP contribution < -0.4 is 0 Å². The van der Waals surface area contributed by atoms with E-state index in [1.807, 2.05) is 30.3 Å². The molecule has 1 aromatic carbocycles. The maximum atomic E-state index is 12.9. The fourth-order valence-corrected chi connectivity index (χ4v) is 3.83. The van der Waals surface area contributed by atoms with Crippen molar-refractivity contribution in [3.05, 3.63) is 57.2 Å². The Balaban J connectivity index is 2.30. The number of halogens is 1. The summed E-state index contributed by atoms with van der Waals surface area (Å²) in [5.74, 6) is 0.284. The molecule has 0 bridgehead atoms. The van der Waals surface area contributed by atoms with Crippen LogP contribution in [0.3, 0.4) is 0 Å². The van der Waals surface area contributed by atoms with Crippen LogP contribution in [0.5, 0.6) is 0 Å². The minimum Gasteiger partial charge on any atom is -0.298 e. The Morgan fingerprint density at radius 1 is 1.10 bits per heavy atom. The molecule has 0 radical (unpaired) electrons. The van der Waals surface area contributed by atoms with E-state index in [-0.39, 0.29) is 11.2 Å². The molecule has 1 nitrogen and oxygen atoms in total. The zero-order valence-electron chi connectivity index (χ0n) is 11.9. The van der Waals surface area contributed by atoms with Gasteiger partial charge in [-0.3, -0.25) is 4.79 Å². The largest absolute Gasteiger partial charge is 0.298 e. The lowest BCUT2D eigenvalue weighted by molar-refractivity contribution is -0.124. The van der Waals surface area contributed by atoms with E-state index >= 15 is 0 Å². The standard InChI is InChI=1S/C17H19ClOS/c1-3-17(4-2,13-8-6-5-7-9-13)15(19)12-14-10-11-16(18)20-14/h5-11H,3-4,12H2,1-2H3. The molecule has 0 fully saturated rings. The molecule has 1 aromatic heterocycles. The first-order chi connectivity index (χ1) is 9.62. The third-order valence-electron chi connectivity index (χ3n) is 4.03. The van der Waals surface area contributed by atoms with Crippen LogP contribution in [0, 0.1) is 0 Å². The molecule has 0 aliphatic carbocycles. The maximum Gasteiger partial charge on any atom is 0.148 e. The normalized spacial score (nSPS) is 11.6. The molecule has 0 amide bonds. The Morgan fingerprint density at radius 3 is 2.25 bits per heavy atom. The van der Waals surface area contributed by atoms with E-state index in [4.69, 9.17) is 11.6 Å². The molecule has 0 saturated heterocycles. The number of Topliss-reactive ketones (excluding diaryl/α,β-unsaturated/α-hetero) is 1. The number of benzene rings is 1. The lowest BCUT2D eigenvalue weighted by Gasteiger charge is -2.30. The van der Waals surface area contributed by atoms with Crippen LogP contribution in [0.15, 0.2) is 42.5 Å². The second-order valence-corrected chi connectivity index (χ2v) is 6.76. The molecule has 0 atom stereocenters. The molecule has 1 heterocycles. The smallest absolute Gasteiger partial charge is 0.148 e. The van der Waals surface area contributed by atoms with Gasteiger partial charge in [-0.25, -0.2) is 0 Å². The van der Waals surface area contributed by atoms with Crippen LogP contribution in [-0.4, -0.2) is 5.78 Å². The molecular weight excluding hydrogens is 288 g/mol.